The van der Waals surface area contributed by atoms with Gasteiger partial charge < -0.3 is 14.7 Å². The summed E-state index contributed by atoms with van der Waals surface area (Å²) in [6.07, 6.45) is 0.472. The van der Waals surface area contributed by atoms with Gasteiger partial charge in [0.2, 0.25) is 0 Å². The van der Waals surface area contributed by atoms with Gasteiger partial charge in [-0.1, -0.05) is 0 Å². The van der Waals surface area contributed by atoms with Gasteiger partial charge in [-0.2, -0.15) is 0 Å². The summed E-state index contributed by atoms with van der Waals surface area (Å²) in [5, 5.41) is 8.88. The molecule has 0 saturated carbocycles. The fourth-order valence-corrected chi connectivity index (χ4v) is 4.24. The van der Waals surface area contributed by atoms with Crippen molar-refractivity contribution in [3.63, 3.8) is 0 Å². The molecule has 20 heavy (non-hydrogen) atoms. The summed E-state index contributed by atoms with van der Waals surface area (Å²) in [7, 11) is -3.28. The smallest absolute Gasteiger partial charge is 0.305 e. The van der Waals surface area contributed by atoms with Gasteiger partial charge in [0.1, 0.15) is 6.10 Å². The second kappa shape index (κ2) is 5.69. The van der Waals surface area contributed by atoms with E-state index in [9.17, 15) is 18.0 Å². The van der Waals surface area contributed by atoms with E-state index in [2.05, 4.69) is 0 Å². The van der Waals surface area contributed by atoms with Gasteiger partial charge in [-0.05, 0) is 19.8 Å². The van der Waals surface area contributed by atoms with Crippen LogP contribution in [0.3, 0.4) is 0 Å². The zero-order valence-electron chi connectivity index (χ0n) is 11.3. The number of sulfone groups is 1. The summed E-state index contributed by atoms with van der Waals surface area (Å²) in [6.45, 7) is 1.93. The van der Waals surface area contributed by atoms with Crippen LogP contribution in [0.2, 0.25) is 0 Å². The van der Waals surface area contributed by atoms with Crippen LogP contribution in [0.1, 0.15) is 26.2 Å². The van der Waals surface area contributed by atoms with Gasteiger partial charge in [0.25, 0.3) is 5.91 Å². The highest BCUT2D eigenvalue weighted by atomic mass is 32.2. The molecule has 2 heterocycles. The van der Waals surface area contributed by atoms with Crippen molar-refractivity contribution in [1.29, 1.82) is 0 Å². The fourth-order valence-electron chi connectivity index (χ4n) is 2.72. The van der Waals surface area contributed by atoms with Crippen LogP contribution in [0, 0.1) is 0 Å². The minimum absolute atomic E-state index is 0.00963. The molecule has 3 unspecified atom stereocenters. The van der Waals surface area contributed by atoms with Crippen LogP contribution in [0.15, 0.2) is 0 Å². The second-order valence-corrected chi connectivity index (χ2v) is 7.64. The predicted molar refractivity (Wildman–Crippen MR) is 70.0 cm³/mol. The summed E-state index contributed by atoms with van der Waals surface area (Å²) in [4.78, 5) is 24.6. The molecule has 0 aliphatic carbocycles. The Morgan fingerprint density at radius 2 is 2.05 bits per heavy atom. The van der Waals surface area contributed by atoms with Crippen molar-refractivity contribution >= 4 is 21.7 Å². The van der Waals surface area contributed by atoms with Gasteiger partial charge >= 0.3 is 5.97 Å². The predicted octanol–water partition coefficient (Wildman–Crippen LogP) is -0.346. The molecular weight excluding hydrogens is 286 g/mol. The van der Waals surface area contributed by atoms with Gasteiger partial charge in [-0.15, -0.1) is 0 Å². The summed E-state index contributed by atoms with van der Waals surface area (Å²) >= 11 is 0. The molecule has 3 atom stereocenters. The minimum atomic E-state index is -3.28. The number of nitrogens with zero attached hydrogens (tertiary/aromatic N) is 1. The van der Waals surface area contributed by atoms with E-state index in [-0.39, 0.29) is 36.5 Å². The van der Waals surface area contributed by atoms with Crippen LogP contribution in [0.25, 0.3) is 0 Å². The average Bonchev–Trinajstić information content (AvgIpc) is 2.73. The van der Waals surface area contributed by atoms with Crippen molar-refractivity contribution in [3.8, 4) is 0 Å². The highest BCUT2D eigenvalue weighted by molar-refractivity contribution is 7.91. The first-order valence-corrected chi connectivity index (χ1v) is 8.49. The maximum Gasteiger partial charge on any atom is 0.305 e. The molecule has 2 saturated heterocycles. The highest BCUT2D eigenvalue weighted by Crippen LogP contribution is 2.24. The molecule has 114 valence electrons. The minimum Gasteiger partial charge on any atom is -0.481 e. The molecule has 8 heteroatoms. The zero-order chi connectivity index (χ0) is 14.9. The van der Waals surface area contributed by atoms with Crippen molar-refractivity contribution in [2.45, 2.75) is 44.4 Å². The first kappa shape index (κ1) is 15.2. The molecule has 0 spiro atoms. The highest BCUT2D eigenvalue weighted by Gasteiger charge is 2.39. The van der Waals surface area contributed by atoms with Gasteiger partial charge in [0.15, 0.2) is 9.84 Å². The quantitative estimate of drug-likeness (QED) is 0.765. The van der Waals surface area contributed by atoms with Crippen LogP contribution >= 0.6 is 0 Å². The number of carboxylic acid groups (broad SMARTS) is 1. The van der Waals surface area contributed by atoms with Gasteiger partial charge in [-0.25, -0.2) is 8.42 Å². The number of carbonyl (C=O) groups is 2. The molecular formula is C12H19NO6S. The summed E-state index contributed by atoms with van der Waals surface area (Å²) in [5.41, 5.74) is 0. The Labute approximate surface area is 117 Å². The third-order valence-electron chi connectivity index (χ3n) is 3.73. The van der Waals surface area contributed by atoms with E-state index in [1.54, 1.807) is 0 Å². The van der Waals surface area contributed by atoms with E-state index in [4.69, 9.17) is 9.84 Å². The third kappa shape index (κ3) is 3.49. The van der Waals surface area contributed by atoms with Crippen molar-refractivity contribution in [1.82, 2.24) is 4.90 Å². The Bertz CT molecular complexity index is 502. The molecule has 2 rings (SSSR count). The standard InChI is InChI=1S/C12H19NO6S/c1-8-2-3-10(19-8)12(16)13-4-5-20(17,18)7-9(13)6-11(14)15/h8-10H,2-7H2,1H3,(H,14,15). The molecule has 0 bridgehead atoms. The Kier molecular flexibility index (Phi) is 4.33. The lowest BCUT2D eigenvalue weighted by Crippen LogP contribution is -2.54. The molecule has 0 aromatic rings. The van der Waals surface area contributed by atoms with Crippen molar-refractivity contribution < 1.29 is 27.9 Å². The van der Waals surface area contributed by atoms with Crippen molar-refractivity contribution in [3.05, 3.63) is 0 Å². The van der Waals surface area contributed by atoms with E-state index in [0.29, 0.717) is 6.42 Å². The molecule has 0 aromatic carbocycles. The second-order valence-electron chi connectivity index (χ2n) is 5.41. The van der Waals surface area contributed by atoms with Crippen LogP contribution < -0.4 is 0 Å². The number of aliphatic carboxylic acids is 1. The van der Waals surface area contributed by atoms with Gasteiger partial charge in [0.05, 0.1) is 30.1 Å². The first-order valence-electron chi connectivity index (χ1n) is 6.66. The van der Waals surface area contributed by atoms with Crippen LogP contribution in [-0.2, 0) is 24.2 Å². The average molecular weight is 305 g/mol. The molecule has 7 nitrogen and oxygen atoms in total. The van der Waals surface area contributed by atoms with E-state index >= 15 is 0 Å². The maximum absolute atomic E-state index is 12.4. The molecule has 2 aliphatic rings. The number of ether oxygens (including phenoxy) is 1. The SMILES string of the molecule is CC1CCC(C(=O)N2CCS(=O)(=O)CC2CC(=O)O)O1. The largest absolute Gasteiger partial charge is 0.481 e. The number of amides is 1. The third-order valence-corrected chi connectivity index (χ3v) is 5.43. The molecule has 2 aliphatic heterocycles. The number of hydrogen-bond donors (Lipinski definition) is 1. The van der Waals surface area contributed by atoms with Gasteiger partial charge in [-0.3, -0.25) is 9.59 Å². The van der Waals surface area contributed by atoms with E-state index in [1.807, 2.05) is 6.92 Å². The number of rotatable bonds is 3. The topological polar surface area (TPSA) is 101 Å². The Balaban J connectivity index is 2.11. The van der Waals surface area contributed by atoms with E-state index < -0.39 is 28.0 Å². The van der Waals surface area contributed by atoms with E-state index in [0.717, 1.165) is 6.42 Å². The number of carbonyl (C=O) groups excluding carboxylic acids is 1. The lowest BCUT2D eigenvalue weighted by atomic mass is 10.1. The Morgan fingerprint density at radius 3 is 2.60 bits per heavy atom. The van der Waals surface area contributed by atoms with Crippen LogP contribution in [0.5, 0.6) is 0 Å². The van der Waals surface area contributed by atoms with E-state index in [1.165, 1.54) is 4.90 Å². The molecule has 0 aromatic heterocycles. The maximum atomic E-state index is 12.4. The normalized spacial score (nSPS) is 33.0. The Morgan fingerprint density at radius 1 is 1.35 bits per heavy atom. The molecule has 2 fully saturated rings. The summed E-state index contributed by atoms with van der Waals surface area (Å²) < 4.78 is 28.7. The van der Waals surface area contributed by atoms with Crippen molar-refractivity contribution in [2.75, 3.05) is 18.1 Å². The molecule has 1 N–H and O–H groups in total. The van der Waals surface area contributed by atoms with Crippen LogP contribution in [-0.4, -0.2) is 66.6 Å². The summed E-state index contributed by atoms with van der Waals surface area (Å²) in [5.74, 6) is -1.79. The number of carboxylic acids is 1. The monoisotopic (exact) mass is 305 g/mol. The van der Waals surface area contributed by atoms with Crippen LogP contribution in [0.4, 0.5) is 0 Å². The lowest BCUT2D eigenvalue weighted by Gasteiger charge is -2.36. The summed E-state index contributed by atoms with van der Waals surface area (Å²) in [6, 6.07) is -0.793. The molecule has 0 radical (unpaired) electrons. The lowest BCUT2D eigenvalue weighted by molar-refractivity contribution is -0.146. The molecule has 1 amide bonds. The van der Waals surface area contributed by atoms with Gasteiger partial charge in [0, 0.05) is 6.54 Å². The zero-order valence-corrected chi connectivity index (χ0v) is 12.1. The fraction of sp³-hybridized carbons (Fsp3) is 0.833. The Hall–Kier alpha value is -1.15. The number of hydrogen-bond acceptors (Lipinski definition) is 5. The first-order chi connectivity index (χ1) is 9.28. The van der Waals surface area contributed by atoms with Crippen molar-refractivity contribution in [2.24, 2.45) is 0 Å².